The number of benzene rings is 2. The van der Waals surface area contributed by atoms with Gasteiger partial charge in [-0.2, -0.15) is 0 Å². The van der Waals surface area contributed by atoms with Crippen molar-refractivity contribution < 1.29 is 22.4 Å². The normalized spacial score (nSPS) is 10.5. The summed E-state index contributed by atoms with van der Waals surface area (Å²) in [6, 6.07) is 5.61. The Morgan fingerprint density at radius 2 is 1.67 bits per heavy atom. The zero-order valence-corrected chi connectivity index (χ0v) is 12.0. The fourth-order valence-corrected chi connectivity index (χ4v) is 2.08. The van der Waals surface area contributed by atoms with E-state index in [2.05, 4.69) is 21.2 Å². The molecule has 21 heavy (non-hydrogen) atoms. The van der Waals surface area contributed by atoms with Crippen molar-refractivity contribution in [2.75, 3.05) is 5.32 Å². The topological polar surface area (TPSA) is 29.1 Å². The molecule has 0 spiro atoms. The van der Waals surface area contributed by atoms with Gasteiger partial charge in [-0.25, -0.2) is 17.6 Å². The van der Waals surface area contributed by atoms with Gasteiger partial charge in [-0.15, -0.1) is 0 Å². The fourth-order valence-electron chi connectivity index (χ4n) is 1.67. The first-order chi connectivity index (χ1) is 9.88. The number of amides is 1. The van der Waals surface area contributed by atoms with Gasteiger partial charge < -0.3 is 5.32 Å². The highest BCUT2D eigenvalue weighted by molar-refractivity contribution is 9.10. The predicted molar refractivity (Wildman–Crippen MR) is 72.7 cm³/mol. The molecule has 0 bridgehead atoms. The van der Waals surface area contributed by atoms with Gasteiger partial charge in [-0.1, -0.05) is 15.9 Å². The third-order valence-electron chi connectivity index (χ3n) is 2.67. The smallest absolute Gasteiger partial charge is 0.228 e. The Morgan fingerprint density at radius 1 is 1.00 bits per heavy atom. The zero-order valence-electron chi connectivity index (χ0n) is 10.4. The molecule has 0 saturated heterocycles. The second kappa shape index (κ2) is 6.26. The Bertz CT molecular complexity index is 706. The van der Waals surface area contributed by atoms with E-state index in [-0.39, 0.29) is 12.0 Å². The van der Waals surface area contributed by atoms with Crippen molar-refractivity contribution >= 4 is 27.5 Å². The largest absolute Gasteiger partial charge is 0.323 e. The molecule has 0 atom stereocenters. The van der Waals surface area contributed by atoms with Gasteiger partial charge in [-0.05, 0) is 35.9 Å². The van der Waals surface area contributed by atoms with Gasteiger partial charge in [0.2, 0.25) is 5.91 Å². The maximum Gasteiger partial charge on any atom is 0.228 e. The van der Waals surface area contributed by atoms with Crippen LogP contribution in [-0.2, 0) is 11.2 Å². The molecule has 2 aromatic rings. The first kappa shape index (κ1) is 15.5. The molecule has 2 rings (SSSR count). The summed E-state index contributed by atoms with van der Waals surface area (Å²) >= 11 is 3.13. The summed E-state index contributed by atoms with van der Waals surface area (Å²) < 4.78 is 53.2. The van der Waals surface area contributed by atoms with E-state index in [4.69, 9.17) is 0 Å². The van der Waals surface area contributed by atoms with Crippen LogP contribution in [0.1, 0.15) is 5.56 Å². The number of nitrogens with one attached hydrogen (secondary N) is 1. The Balaban J connectivity index is 2.16. The quantitative estimate of drug-likeness (QED) is 0.644. The Hall–Kier alpha value is -1.89. The van der Waals surface area contributed by atoms with Crippen LogP contribution >= 0.6 is 15.9 Å². The summed E-state index contributed by atoms with van der Waals surface area (Å²) in [5.74, 6) is -5.89. The van der Waals surface area contributed by atoms with E-state index in [1.807, 2.05) is 0 Å². The van der Waals surface area contributed by atoms with E-state index in [0.717, 1.165) is 6.07 Å². The average Bonchev–Trinajstić information content (AvgIpc) is 2.43. The van der Waals surface area contributed by atoms with Crippen molar-refractivity contribution in [1.82, 2.24) is 0 Å². The van der Waals surface area contributed by atoms with Gasteiger partial charge >= 0.3 is 0 Å². The second-order valence-electron chi connectivity index (χ2n) is 4.18. The van der Waals surface area contributed by atoms with Crippen LogP contribution in [0, 0.1) is 23.3 Å². The third-order valence-corrected chi connectivity index (χ3v) is 3.16. The van der Waals surface area contributed by atoms with Crippen LogP contribution in [-0.4, -0.2) is 5.91 Å². The van der Waals surface area contributed by atoms with Crippen LogP contribution < -0.4 is 5.32 Å². The molecule has 0 radical (unpaired) electrons. The highest BCUT2D eigenvalue weighted by Gasteiger charge is 2.16. The first-order valence-electron chi connectivity index (χ1n) is 5.75. The number of halogens is 5. The molecule has 7 heteroatoms. The molecule has 1 amide bonds. The maximum absolute atomic E-state index is 13.5. The third kappa shape index (κ3) is 3.60. The van der Waals surface area contributed by atoms with Crippen LogP contribution in [0.15, 0.2) is 34.8 Å². The summed E-state index contributed by atoms with van der Waals surface area (Å²) in [6.45, 7) is 0. The molecule has 0 saturated carbocycles. The van der Waals surface area contributed by atoms with E-state index in [1.54, 1.807) is 0 Å². The number of rotatable bonds is 3. The van der Waals surface area contributed by atoms with Gasteiger partial charge in [0.1, 0.15) is 5.82 Å². The average molecular weight is 362 g/mol. The van der Waals surface area contributed by atoms with Gasteiger partial charge in [0, 0.05) is 4.47 Å². The molecular formula is C14H8BrF4NO. The molecule has 2 aromatic carbocycles. The standard InChI is InChI=1S/C14H8BrF4NO/c15-8-1-2-9(16)7(5-8)6-12(21)20-11-4-3-10(17)13(18)14(11)19/h1-5H,6H2,(H,20,21). The summed E-state index contributed by atoms with van der Waals surface area (Å²) in [5, 5.41) is 2.07. The molecule has 1 N–H and O–H groups in total. The molecule has 0 aliphatic heterocycles. The number of anilines is 1. The molecular weight excluding hydrogens is 354 g/mol. The van der Waals surface area contributed by atoms with Crippen molar-refractivity contribution in [1.29, 1.82) is 0 Å². The van der Waals surface area contributed by atoms with Crippen molar-refractivity contribution in [2.24, 2.45) is 0 Å². The molecule has 0 fully saturated rings. The lowest BCUT2D eigenvalue weighted by atomic mass is 10.1. The SMILES string of the molecule is O=C(Cc1cc(Br)ccc1F)Nc1ccc(F)c(F)c1F. The Kier molecular flexibility index (Phi) is 4.62. The first-order valence-corrected chi connectivity index (χ1v) is 6.55. The van der Waals surface area contributed by atoms with Crippen molar-refractivity contribution in [3.05, 3.63) is 63.6 Å². The van der Waals surface area contributed by atoms with Gasteiger partial charge in [-0.3, -0.25) is 4.79 Å². The summed E-state index contributed by atoms with van der Waals surface area (Å²) in [5.41, 5.74) is -0.417. The molecule has 0 aliphatic carbocycles. The lowest BCUT2D eigenvalue weighted by Crippen LogP contribution is -2.16. The zero-order chi connectivity index (χ0) is 15.6. The van der Waals surface area contributed by atoms with E-state index >= 15 is 0 Å². The van der Waals surface area contributed by atoms with Crippen LogP contribution in [0.4, 0.5) is 23.2 Å². The molecule has 110 valence electrons. The van der Waals surface area contributed by atoms with Gasteiger partial charge in [0.25, 0.3) is 0 Å². The van der Waals surface area contributed by atoms with Gasteiger partial charge in [0.05, 0.1) is 12.1 Å². The molecule has 2 nitrogen and oxygen atoms in total. The van der Waals surface area contributed by atoms with E-state index < -0.39 is 34.9 Å². The lowest BCUT2D eigenvalue weighted by Gasteiger charge is -2.08. The molecule has 0 aliphatic rings. The van der Waals surface area contributed by atoms with E-state index in [1.165, 1.54) is 18.2 Å². The summed E-state index contributed by atoms with van der Waals surface area (Å²) in [7, 11) is 0. The number of hydrogen-bond acceptors (Lipinski definition) is 1. The lowest BCUT2D eigenvalue weighted by molar-refractivity contribution is -0.115. The fraction of sp³-hybridized carbons (Fsp3) is 0.0714. The second-order valence-corrected chi connectivity index (χ2v) is 5.10. The Morgan fingerprint density at radius 3 is 2.38 bits per heavy atom. The highest BCUT2D eigenvalue weighted by Crippen LogP contribution is 2.21. The Labute approximate surface area is 125 Å². The maximum atomic E-state index is 13.5. The van der Waals surface area contributed by atoms with Crippen LogP contribution in [0.5, 0.6) is 0 Å². The van der Waals surface area contributed by atoms with E-state index in [0.29, 0.717) is 10.5 Å². The number of carbonyl (C=O) groups is 1. The minimum absolute atomic E-state index is 0.0878. The van der Waals surface area contributed by atoms with Crippen LogP contribution in [0.3, 0.4) is 0 Å². The minimum Gasteiger partial charge on any atom is -0.323 e. The minimum atomic E-state index is -1.68. The van der Waals surface area contributed by atoms with Crippen molar-refractivity contribution in [3.8, 4) is 0 Å². The van der Waals surface area contributed by atoms with E-state index in [9.17, 15) is 22.4 Å². The van der Waals surface area contributed by atoms with Gasteiger partial charge in [0.15, 0.2) is 17.5 Å². The highest BCUT2D eigenvalue weighted by atomic mass is 79.9. The van der Waals surface area contributed by atoms with Crippen LogP contribution in [0.2, 0.25) is 0 Å². The number of carbonyl (C=O) groups excluding carboxylic acids is 1. The molecule has 0 heterocycles. The predicted octanol–water partition coefficient (Wildman–Crippen LogP) is 4.19. The van der Waals surface area contributed by atoms with Crippen molar-refractivity contribution in [2.45, 2.75) is 6.42 Å². The molecule has 0 unspecified atom stereocenters. The molecule has 0 aromatic heterocycles. The summed E-state index contributed by atoms with van der Waals surface area (Å²) in [6.07, 6.45) is -0.371. The van der Waals surface area contributed by atoms with Crippen molar-refractivity contribution in [3.63, 3.8) is 0 Å². The monoisotopic (exact) mass is 361 g/mol. The summed E-state index contributed by atoms with van der Waals surface area (Å²) in [4.78, 5) is 11.7. The van der Waals surface area contributed by atoms with Crippen LogP contribution in [0.25, 0.3) is 0 Å². The number of hydrogen-bond donors (Lipinski definition) is 1.